The fraction of sp³-hybridized carbons (Fsp3) is 1.00. The molecule has 1 unspecified atom stereocenters. The number of nitrogens with zero attached hydrogens (tertiary/aromatic N) is 1. The van der Waals surface area contributed by atoms with Gasteiger partial charge < -0.3 is 10.1 Å². The average Bonchev–Trinajstić information content (AvgIpc) is 2.25. The third kappa shape index (κ3) is 4.94. The molecule has 3 nitrogen and oxygen atoms in total. The maximum absolute atomic E-state index is 5.31. The second-order valence-electron chi connectivity index (χ2n) is 4.10. The molecular formula is C11H24N2O. The van der Waals surface area contributed by atoms with Crippen molar-refractivity contribution in [1.29, 1.82) is 0 Å². The van der Waals surface area contributed by atoms with Crippen LogP contribution in [-0.4, -0.2) is 50.3 Å². The number of rotatable bonds is 6. The van der Waals surface area contributed by atoms with Crippen molar-refractivity contribution in [3.05, 3.63) is 0 Å². The summed E-state index contributed by atoms with van der Waals surface area (Å²) in [6, 6.07) is 0.651. The number of ether oxygens (including phenoxy) is 1. The van der Waals surface area contributed by atoms with E-state index in [1.807, 2.05) is 0 Å². The molecule has 1 atom stereocenters. The Bertz CT molecular complexity index is 135. The van der Waals surface area contributed by atoms with E-state index in [0.29, 0.717) is 6.04 Å². The Kier molecular flexibility index (Phi) is 6.15. The van der Waals surface area contributed by atoms with Crippen molar-refractivity contribution in [2.75, 3.05) is 39.4 Å². The minimum Gasteiger partial charge on any atom is -0.379 e. The van der Waals surface area contributed by atoms with Crippen LogP contribution >= 0.6 is 0 Å². The maximum atomic E-state index is 5.31. The number of morpholine rings is 1. The van der Waals surface area contributed by atoms with E-state index in [4.69, 9.17) is 4.74 Å². The van der Waals surface area contributed by atoms with Gasteiger partial charge in [0.05, 0.1) is 13.2 Å². The van der Waals surface area contributed by atoms with Crippen LogP contribution in [0.25, 0.3) is 0 Å². The lowest BCUT2D eigenvalue weighted by molar-refractivity contribution is 0.0364. The molecule has 0 aromatic heterocycles. The van der Waals surface area contributed by atoms with E-state index in [-0.39, 0.29) is 0 Å². The Morgan fingerprint density at radius 3 is 2.71 bits per heavy atom. The van der Waals surface area contributed by atoms with Crippen molar-refractivity contribution >= 4 is 0 Å². The van der Waals surface area contributed by atoms with Crippen molar-refractivity contribution in [2.45, 2.75) is 32.7 Å². The number of hydrogen-bond acceptors (Lipinski definition) is 3. The van der Waals surface area contributed by atoms with Crippen LogP contribution < -0.4 is 5.32 Å². The molecular weight excluding hydrogens is 176 g/mol. The summed E-state index contributed by atoms with van der Waals surface area (Å²) in [6.07, 6.45) is 2.47. The lowest BCUT2D eigenvalue weighted by atomic mass is 10.2. The number of hydrogen-bond donors (Lipinski definition) is 1. The van der Waals surface area contributed by atoms with Crippen LogP contribution in [0.3, 0.4) is 0 Å². The van der Waals surface area contributed by atoms with Crippen molar-refractivity contribution < 1.29 is 4.74 Å². The highest BCUT2D eigenvalue weighted by Crippen LogP contribution is 2.00. The Morgan fingerprint density at radius 1 is 1.36 bits per heavy atom. The van der Waals surface area contributed by atoms with Crippen LogP contribution in [-0.2, 0) is 4.74 Å². The summed E-state index contributed by atoms with van der Waals surface area (Å²) < 4.78 is 5.31. The lowest BCUT2D eigenvalue weighted by Crippen LogP contribution is -2.39. The van der Waals surface area contributed by atoms with Gasteiger partial charge in [0.25, 0.3) is 0 Å². The van der Waals surface area contributed by atoms with Crippen molar-refractivity contribution in [2.24, 2.45) is 0 Å². The number of nitrogens with one attached hydrogen (secondary N) is 1. The van der Waals surface area contributed by atoms with Gasteiger partial charge in [0, 0.05) is 19.1 Å². The van der Waals surface area contributed by atoms with Crippen LogP contribution in [0.1, 0.15) is 26.7 Å². The molecule has 0 aromatic rings. The standard InChI is InChI=1S/C11H24N2O/c1-3-5-12-11(2)4-6-13-7-9-14-10-8-13/h11-12H,3-10H2,1-2H3. The molecule has 0 spiro atoms. The van der Waals surface area contributed by atoms with Crippen LogP contribution in [0.5, 0.6) is 0 Å². The molecule has 0 radical (unpaired) electrons. The first kappa shape index (κ1) is 12.0. The highest BCUT2D eigenvalue weighted by molar-refractivity contribution is 4.66. The first-order valence-corrected chi connectivity index (χ1v) is 5.86. The first-order valence-electron chi connectivity index (χ1n) is 5.86. The molecule has 0 bridgehead atoms. The molecule has 0 amide bonds. The maximum Gasteiger partial charge on any atom is 0.0594 e. The molecule has 14 heavy (non-hydrogen) atoms. The monoisotopic (exact) mass is 200 g/mol. The molecule has 1 aliphatic rings. The summed E-state index contributed by atoms with van der Waals surface area (Å²) >= 11 is 0. The molecule has 1 N–H and O–H groups in total. The Labute approximate surface area is 87.8 Å². The zero-order chi connectivity index (χ0) is 10.2. The van der Waals surface area contributed by atoms with E-state index >= 15 is 0 Å². The minimum absolute atomic E-state index is 0.651. The Hall–Kier alpha value is -0.120. The first-order chi connectivity index (χ1) is 6.83. The molecule has 0 aromatic carbocycles. The van der Waals surface area contributed by atoms with Gasteiger partial charge in [-0.2, -0.15) is 0 Å². The van der Waals surface area contributed by atoms with Crippen LogP contribution in [0, 0.1) is 0 Å². The van der Waals surface area contributed by atoms with Gasteiger partial charge >= 0.3 is 0 Å². The zero-order valence-electron chi connectivity index (χ0n) is 9.59. The SMILES string of the molecule is CCCNC(C)CCN1CCOCC1. The molecule has 1 fully saturated rings. The molecule has 84 valence electrons. The molecule has 1 rings (SSSR count). The van der Waals surface area contributed by atoms with Gasteiger partial charge in [-0.25, -0.2) is 0 Å². The third-order valence-electron chi connectivity index (χ3n) is 2.72. The van der Waals surface area contributed by atoms with Crippen molar-refractivity contribution in [3.8, 4) is 0 Å². The predicted molar refractivity (Wildman–Crippen MR) is 59.6 cm³/mol. The van der Waals surface area contributed by atoms with Gasteiger partial charge in [-0.15, -0.1) is 0 Å². The summed E-state index contributed by atoms with van der Waals surface area (Å²) in [6.45, 7) is 10.9. The van der Waals surface area contributed by atoms with Gasteiger partial charge in [0.15, 0.2) is 0 Å². The highest BCUT2D eigenvalue weighted by atomic mass is 16.5. The lowest BCUT2D eigenvalue weighted by Gasteiger charge is -2.27. The third-order valence-corrected chi connectivity index (χ3v) is 2.72. The van der Waals surface area contributed by atoms with E-state index in [2.05, 4.69) is 24.1 Å². The van der Waals surface area contributed by atoms with Crippen LogP contribution in [0.2, 0.25) is 0 Å². The van der Waals surface area contributed by atoms with E-state index in [0.717, 1.165) is 32.8 Å². The van der Waals surface area contributed by atoms with Crippen molar-refractivity contribution in [1.82, 2.24) is 10.2 Å². The van der Waals surface area contributed by atoms with Crippen LogP contribution in [0.15, 0.2) is 0 Å². The van der Waals surface area contributed by atoms with E-state index in [1.165, 1.54) is 19.4 Å². The highest BCUT2D eigenvalue weighted by Gasteiger charge is 2.10. The fourth-order valence-electron chi connectivity index (χ4n) is 1.69. The molecule has 3 heteroatoms. The van der Waals surface area contributed by atoms with Gasteiger partial charge in [-0.3, -0.25) is 4.90 Å². The summed E-state index contributed by atoms with van der Waals surface area (Å²) in [5, 5.41) is 3.51. The van der Waals surface area contributed by atoms with Gasteiger partial charge in [0.1, 0.15) is 0 Å². The summed E-state index contributed by atoms with van der Waals surface area (Å²) in [5.74, 6) is 0. The zero-order valence-corrected chi connectivity index (χ0v) is 9.59. The largest absolute Gasteiger partial charge is 0.379 e. The summed E-state index contributed by atoms with van der Waals surface area (Å²) in [4.78, 5) is 2.49. The van der Waals surface area contributed by atoms with E-state index in [1.54, 1.807) is 0 Å². The minimum atomic E-state index is 0.651. The molecule has 1 aliphatic heterocycles. The quantitative estimate of drug-likeness (QED) is 0.695. The van der Waals surface area contributed by atoms with Crippen LogP contribution in [0.4, 0.5) is 0 Å². The molecule has 1 heterocycles. The van der Waals surface area contributed by atoms with Gasteiger partial charge in [-0.1, -0.05) is 6.92 Å². The average molecular weight is 200 g/mol. The second kappa shape index (κ2) is 7.21. The summed E-state index contributed by atoms with van der Waals surface area (Å²) in [7, 11) is 0. The van der Waals surface area contributed by atoms with E-state index < -0.39 is 0 Å². The summed E-state index contributed by atoms with van der Waals surface area (Å²) in [5.41, 5.74) is 0. The fourth-order valence-corrected chi connectivity index (χ4v) is 1.69. The van der Waals surface area contributed by atoms with Gasteiger partial charge in [-0.05, 0) is 32.9 Å². The Morgan fingerprint density at radius 2 is 2.07 bits per heavy atom. The van der Waals surface area contributed by atoms with E-state index in [9.17, 15) is 0 Å². The molecule has 1 saturated heterocycles. The topological polar surface area (TPSA) is 24.5 Å². The van der Waals surface area contributed by atoms with Gasteiger partial charge in [0.2, 0.25) is 0 Å². The molecule has 0 saturated carbocycles. The predicted octanol–water partition coefficient (Wildman–Crippen LogP) is 1.10. The Balaban J connectivity index is 2.00. The molecule has 0 aliphatic carbocycles. The second-order valence-corrected chi connectivity index (χ2v) is 4.10. The normalized spacial score (nSPS) is 21.0. The van der Waals surface area contributed by atoms with Crippen molar-refractivity contribution in [3.63, 3.8) is 0 Å². The smallest absolute Gasteiger partial charge is 0.0594 e.